The molecule has 0 radical (unpaired) electrons. The molecule has 4 heterocycles. The van der Waals surface area contributed by atoms with Crippen molar-refractivity contribution in [3.63, 3.8) is 0 Å². The minimum atomic E-state index is -0.278. The van der Waals surface area contributed by atoms with E-state index in [9.17, 15) is 9.90 Å². The first kappa shape index (κ1) is 32.7. The molecule has 6 rings (SSSR count). The Kier molecular flexibility index (Phi) is 10.4. The molecule has 0 saturated carbocycles. The molecule has 44 heavy (non-hydrogen) atoms. The number of rotatable bonds is 7. The molecule has 1 spiro atoms. The number of hydrogen-bond donors (Lipinski definition) is 4. The molecule has 11 heteroatoms. The summed E-state index contributed by atoms with van der Waals surface area (Å²) < 4.78 is 1.97. The van der Waals surface area contributed by atoms with Crippen molar-refractivity contribution >= 4 is 35.4 Å². The van der Waals surface area contributed by atoms with Gasteiger partial charge in [-0.3, -0.25) is 4.79 Å². The largest absolute Gasteiger partial charge is 0.507 e. The summed E-state index contributed by atoms with van der Waals surface area (Å²) in [7, 11) is 0. The molecule has 0 aliphatic carbocycles. The van der Waals surface area contributed by atoms with Gasteiger partial charge >= 0.3 is 0 Å². The van der Waals surface area contributed by atoms with E-state index in [0.29, 0.717) is 47.4 Å². The van der Waals surface area contributed by atoms with Gasteiger partial charge in [0.1, 0.15) is 5.75 Å². The lowest BCUT2D eigenvalue weighted by Crippen LogP contribution is -2.72. The number of hydrogen-bond acceptors (Lipinski definition) is 9. The Hall–Kier alpha value is -4.25. The number of carbonyl (C=O) groups is 1. The molecule has 2 atom stereocenters. The van der Waals surface area contributed by atoms with Gasteiger partial charge in [-0.1, -0.05) is 51.1 Å². The maximum Gasteiger partial charge on any atom is 0.209 e. The SMILES string of the molecule is CC.CC(C)C(C)n1cc(N2CC3(CN(c4ccc(/C=C(\N)c5ccccc5O)c(N)c4)C3)C2)nn1.O=CN1CCC(O)C1. The molecular weight excluding hydrogens is 556 g/mol. The first-order chi connectivity index (χ1) is 21.1. The van der Waals surface area contributed by atoms with Crippen molar-refractivity contribution in [2.75, 3.05) is 54.8 Å². The number of aromatic hydroxyl groups is 1. The average Bonchev–Trinajstić information content (AvgIpc) is 3.63. The number of β-amino-alcohol motifs (C(OH)–C–C–N with tert-alkyl or cyclic N) is 1. The number of para-hydroxylation sites is 1. The lowest BCUT2D eigenvalue weighted by atomic mass is 9.72. The second kappa shape index (κ2) is 14.0. The fraction of sp³-hybridized carbons (Fsp3) is 0.485. The lowest BCUT2D eigenvalue weighted by Gasteiger charge is -2.61. The number of likely N-dealkylation sites (tertiary alicyclic amines) is 1. The molecular formula is C33H48N8O3. The van der Waals surface area contributed by atoms with Crippen LogP contribution in [0.4, 0.5) is 17.2 Å². The molecule has 1 amide bonds. The van der Waals surface area contributed by atoms with Gasteiger partial charge in [-0.05, 0) is 55.2 Å². The molecule has 3 fully saturated rings. The predicted octanol–water partition coefficient (Wildman–Crippen LogP) is 3.80. The van der Waals surface area contributed by atoms with Gasteiger partial charge in [0, 0.05) is 67.3 Å². The number of nitrogens with zero attached hydrogens (tertiary/aromatic N) is 6. The van der Waals surface area contributed by atoms with Crippen LogP contribution in [0.15, 0.2) is 48.7 Å². The maximum atomic E-state index is 10.0. The summed E-state index contributed by atoms with van der Waals surface area (Å²) in [6.07, 6.45) is 5.11. The van der Waals surface area contributed by atoms with Crippen LogP contribution in [0.5, 0.6) is 5.75 Å². The fourth-order valence-electron chi connectivity index (χ4n) is 5.71. The third-order valence-corrected chi connectivity index (χ3v) is 8.61. The smallest absolute Gasteiger partial charge is 0.209 e. The topological polar surface area (TPSA) is 150 Å². The number of benzene rings is 2. The molecule has 2 aromatic carbocycles. The van der Waals surface area contributed by atoms with Gasteiger partial charge in [-0.25, -0.2) is 4.68 Å². The molecule has 2 unspecified atom stereocenters. The molecule has 3 aliphatic heterocycles. The maximum absolute atomic E-state index is 10.0. The van der Waals surface area contributed by atoms with Crippen LogP contribution in [-0.2, 0) is 4.79 Å². The van der Waals surface area contributed by atoms with Crippen molar-refractivity contribution in [2.24, 2.45) is 17.1 Å². The third-order valence-electron chi connectivity index (χ3n) is 8.61. The van der Waals surface area contributed by atoms with Gasteiger partial charge in [-0.15, -0.1) is 5.10 Å². The second-order valence-electron chi connectivity index (χ2n) is 12.2. The predicted molar refractivity (Wildman–Crippen MR) is 177 cm³/mol. The van der Waals surface area contributed by atoms with Gasteiger partial charge < -0.3 is 36.4 Å². The Morgan fingerprint density at radius 3 is 2.32 bits per heavy atom. The van der Waals surface area contributed by atoms with Crippen LogP contribution in [-0.4, -0.2) is 81.9 Å². The standard InChI is InChI=1S/C26H33N7O.C5H9NO2.C2H6/c1-17(2)18(3)33-12-25(29-30-33)32-15-26(16-32)13-31(14-26)20-9-8-19(22(27)11-20)10-23(28)21-6-4-5-7-24(21)34;7-4-6-2-1-5(8)3-6;1-2/h4-12,17-18,34H,13-16,27-28H2,1-3H3;4-5,8H,1-3H2;1-2H3/b23-10-;;. The van der Waals surface area contributed by atoms with Crippen molar-refractivity contribution in [1.82, 2.24) is 19.9 Å². The summed E-state index contributed by atoms with van der Waals surface area (Å²) in [5, 5.41) is 27.6. The van der Waals surface area contributed by atoms with Crippen LogP contribution in [0.1, 0.15) is 58.2 Å². The number of phenols is 1. The molecule has 0 bridgehead atoms. The van der Waals surface area contributed by atoms with Gasteiger partial charge in [0.05, 0.1) is 18.3 Å². The summed E-state index contributed by atoms with van der Waals surface area (Å²) in [5.41, 5.74) is 16.6. The minimum Gasteiger partial charge on any atom is -0.507 e. The Labute approximate surface area is 260 Å². The number of nitrogen functional groups attached to an aromatic ring is 1. The van der Waals surface area contributed by atoms with E-state index in [0.717, 1.165) is 56.1 Å². The Morgan fingerprint density at radius 1 is 1.07 bits per heavy atom. The van der Waals surface area contributed by atoms with Crippen LogP contribution < -0.4 is 21.3 Å². The van der Waals surface area contributed by atoms with E-state index in [1.54, 1.807) is 23.1 Å². The number of carbonyl (C=O) groups excluding carboxylic acids is 1. The quantitative estimate of drug-likeness (QED) is 0.179. The minimum absolute atomic E-state index is 0.156. The van der Waals surface area contributed by atoms with E-state index < -0.39 is 0 Å². The van der Waals surface area contributed by atoms with Crippen LogP contribution in [0, 0.1) is 11.3 Å². The summed E-state index contributed by atoms with van der Waals surface area (Å²) in [5.74, 6) is 1.65. The number of aliphatic hydroxyl groups is 1. The number of anilines is 3. The number of phenolic OH excluding ortho intramolecular Hbond substituents is 1. The Bertz CT molecular complexity index is 1420. The lowest BCUT2D eigenvalue weighted by molar-refractivity contribution is -0.117. The molecule has 238 valence electrons. The highest BCUT2D eigenvalue weighted by atomic mass is 16.3. The van der Waals surface area contributed by atoms with E-state index in [-0.39, 0.29) is 11.9 Å². The highest BCUT2D eigenvalue weighted by molar-refractivity contribution is 5.85. The number of amides is 1. The highest BCUT2D eigenvalue weighted by Gasteiger charge is 2.52. The number of nitrogens with two attached hydrogens (primary N) is 2. The summed E-state index contributed by atoms with van der Waals surface area (Å²) in [6.45, 7) is 15.8. The van der Waals surface area contributed by atoms with E-state index in [1.165, 1.54) is 0 Å². The first-order valence-electron chi connectivity index (χ1n) is 15.5. The monoisotopic (exact) mass is 604 g/mol. The first-order valence-corrected chi connectivity index (χ1v) is 15.5. The second-order valence-corrected chi connectivity index (χ2v) is 12.2. The van der Waals surface area contributed by atoms with Crippen molar-refractivity contribution in [1.29, 1.82) is 0 Å². The van der Waals surface area contributed by atoms with E-state index >= 15 is 0 Å². The van der Waals surface area contributed by atoms with Gasteiger partial charge in [0.2, 0.25) is 6.41 Å². The average molecular weight is 605 g/mol. The van der Waals surface area contributed by atoms with Crippen molar-refractivity contribution in [2.45, 2.75) is 53.2 Å². The zero-order valence-electron chi connectivity index (χ0n) is 26.6. The summed E-state index contributed by atoms with van der Waals surface area (Å²) in [6, 6.07) is 13.5. The van der Waals surface area contributed by atoms with E-state index in [4.69, 9.17) is 16.6 Å². The van der Waals surface area contributed by atoms with Crippen LogP contribution in [0.25, 0.3) is 11.8 Å². The number of aromatic nitrogens is 3. The van der Waals surface area contributed by atoms with Gasteiger partial charge in [-0.2, -0.15) is 0 Å². The van der Waals surface area contributed by atoms with Crippen molar-refractivity contribution in [3.8, 4) is 5.75 Å². The zero-order valence-corrected chi connectivity index (χ0v) is 26.6. The van der Waals surface area contributed by atoms with Crippen molar-refractivity contribution in [3.05, 3.63) is 59.8 Å². The summed E-state index contributed by atoms with van der Waals surface area (Å²) in [4.78, 5) is 16.2. The fourth-order valence-corrected chi connectivity index (χ4v) is 5.71. The van der Waals surface area contributed by atoms with Gasteiger partial charge in [0.25, 0.3) is 0 Å². The Morgan fingerprint density at radius 2 is 1.75 bits per heavy atom. The molecule has 6 N–H and O–H groups in total. The van der Waals surface area contributed by atoms with Crippen LogP contribution in [0.3, 0.4) is 0 Å². The third kappa shape index (κ3) is 7.27. The van der Waals surface area contributed by atoms with E-state index in [2.05, 4.69) is 53.1 Å². The van der Waals surface area contributed by atoms with Crippen LogP contribution in [0.2, 0.25) is 0 Å². The van der Waals surface area contributed by atoms with Gasteiger partial charge in [0.15, 0.2) is 5.82 Å². The molecule has 3 aromatic rings. The number of aliphatic hydroxyl groups excluding tert-OH is 1. The molecule has 1 aromatic heterocycles. The summed E-state index contributed by atoms with van der Waals surface area (Å²) >= 11 is 0. The molecule has 3 saturated heterocycles. The molecule has 11 nitrogen and oxygen atoms in total. The van der Waals surface area contributed by atoms with E-state index in [1.807, 2.05) is 42.8 Å². The highest BCUT2D eigenvalue weighted by Crippen LogP contribution is 2.44. The Balaban J connectivity index is 0.000000380. The molecule has 3 aliphatic rings. The zero-order chi connectivity index (χ0) is 32.0. The normalized spacial score (nSPS) is 19.4. The van der Waals surface area contributed by atoms with Crippen molar-refractivity contribution < 1.29 is 15.0 Å². The van der Waals surface area contributed by atoms with Crippen LogP contribution >= 0.6 is 0 Å².